The molecule has 0 aromatic rings. The molecule has 2 heterocycles. The van der Waals surface area contributed by atoms with Gasteiger partial charge in [0.1, 0.15) is 0 Å². The van der Waals surface area contributed by atoms with Gasteiger partial charge in [-0.3, -0.25) is 4.90 Å². The van der Waals surface area contributed by atoms with E-state index >= 15 is 0 Å². The Balaban J connectivity index is 1.60. The fraction of sp³-hybridized carbons (Fsp3) is 1.00. The third kappa shape index (κ3) is 4.17. The van der Waals surface area contributed by atoms with Crippen molar-refractivity contribution in [1.82, 2.24) is 15.1 Å². The molecule has 2 aliphatic heterocycles. The maximum atomic E-state index is 10.1. The Bertz CT molecular complexity index is 340. The Labute approximate surface area is 128 Å². The number of nitrogens with one attached hydrogen (secondary N) is 1. The summed E-state index contributed by atoms with van der Waals surface area (Å²) in [6.45, 7) is 5.74. The van der Waals surface area contributed by atoms with Gasteiger partial charge in [0.25, 0.3) is 0 Å². The molecule has 0 aromatic heterocycles. The second-order valence-electron chi connectivity index (χ2n) is 7.69. The van der Waals surface area contributed by atoms with Crippen molar-refractivity contribution in [3.8, 4) is 0 Å². The summed E-state index contributed by atoms with van der Waals surface area (Å²) in [6, 6.07) is 1.23. The van der Waals surface area contributed by atoms with Gasteiger partial charge in [-0.25, -0.2) is 0 Å². The maximum absolute atomic E-state index is 10.1. The summed E-state index contributed by atoms with van der Waals surface area (Å²) in [5, 5.41) is 13.8. The van der Waals surface area contributed by atoms with Crippen LogP contribution in [0.1, 0.15) is 25.7 Å². The zero-order valence-corrected chi connectivity index (χ0v) is 13.6. The van der Waals surface area contributed by atoms with E-state index in [9.17, 15) is 5.11 Å². The molecule has 2 saturated heterocycles. The van der Waals surface area contributed by atoms with Gasteiger partial charge in [0.05, 0.1) is 12.7 Å². The molecule has 2 N–H and O–H groups in total. The van der Waals surface area contributed by atoms with Gasteiger partial charge in [-0.15, -0.1) is 0 Å². The van der Waals surface area contributed by atoms with Crippen LogP contribution in [0.4, 0.5) is 0 Å². The number of likely N-dealkylation sites (tertiary alicyclic amines) is 1. The first-order valence-corrected chi connectivity index (χ1v) is 8.44. The molecule has 3 fully saturated rings. The van der Waals surface area contributed by atoms with Gasteiger partial charge < -0.3 is 20.1 Å². The molecule has 5 heteroatoms. The van der Waals surface area contributed by atoms with Crippen LogP contribution in [0.2, 0.25) is 0 Å². The first-order chi connectivity index (χ1) is 10.1. The smallest absolute Gasteiger partial charge is 0.0682 e. The van der Waals surface area contributed by atoms with Crippen molar-refractivity contribution in [3.05, 3.63) is 0 Å². The summed E-state index contributed by atoms with van der Waals surface area (Å²) in [5.41, 5.74) is 0.247. The molecule has 21 heavy (non-hydrogen) atoms. The Hall–Kier alpha value is -0.200. The van der Waals surface area contributed by atoms with Crippen molar-refractivity contribution >= 4 is 0 Å². The molecular formula is C16H31N3O2. The molecule has 0 spiro atoms. The Morgan fingerprint density at radius 3 is 2.81 bits per heavy atom. The Kier molecular flexibility index (Phi) is 4.86. The van der Waals surface area contributed by atoms with Gasteiger partial charge in [-0.1, -0.05) is 0 Å². The Morgan fingerprint density at radius 1 is 1.38 bits per heavy atom. The minimum atomic E-state index is -0.161. The monoisotopic (exact) mass is 297 g/mol. The molecule has 0 radical (unpaired) electrons. The van der Waals surface area contributed by atoms with E-state index in [1.807, 2.05) is 0 Å². The van der Waals surface area contributed by atoms with Crippen LogP contribution in [0, 0.1) is 5.41 Å². The van der Waals surface area contributed by atoms with Gasteiger partial charge in [-0.2, -0.15) is 0 Å². The number of hydrogen-bond acceptors (Lipinski definition) is 5. The lowest BCUT2D eigenvalue weighted by Gasteiger charge is -2.36. The number of aliphatic hydroxyl groups is 1. The molecule has 3 aliphatic rings. The number of hydrogen-bond donors (Lipinski definition) is 2. The average molecular weight is 297 g/mol. The number of likely N-dealkylation sites (N-methyl/N-ethyl adjacent to an activating group) is 1. The van der Waals surface area contributed by atoms with E-state index in [1.165, 1.54) is 12.8 Å². The number of β-amino-alcohol motifs (C(OH)–C–C–N with tert-alkyl or cyclic N) is 1. The zero-order chi connectivity index (χ0) is 14.9. The molecule has 1 aliphatic carbocycles. The molecule has 0 amide bonds. The Morgan fingerprint density at radius 2 is 2.19 bits per heavy atom. The fourth-order valence-electron chi connectivity index (χ4n) is 3.81. The largest absolute Gasteiger partial charge is 0.392 e. The second-order valence-corrected chi connectivity index (χ2v) is 7.69. The third-order valence-electron chi connectivity index (χ3n) is 5.15. The van der Waals surface area contributed by atoms with Crippen molar-refractivity contribution < 1.29 is 9.84 Å². The van der Waals surface area contributed by atoms with Gasteiger partial charge in [0.15, 0.2) is 0 Å². The van der Waals surface area contributed by atoms with E-state index in [4.69, 9.17) is 4.74 Å². The number of rotatable bonds is 7. The van der Waals surface area contributed by atoms with Crippen molar-refractivity contribution in [3.63, 3.8) is 0 Å². The number of ether oxygens (including phenoxy) is 1. The quantitative estimate of drug-likeness (QED) is 0.700. The summed E-state index contributed by atoms with van der Waals surface area (Å²) in [6.07, 6.45) is 4.57. The molecule has 3 rings (SSSR count). The SMILES string of the molecule is CN(C)CC1CC(O)CN1CC1(CNC2CC2)CCOC1. The summed E-state index contributed by atoms with van der Waals surface area (Å²) in [5.74, 6) is 0. The average Bonchev–Trinajstić information content (AvgIpc) is 3.04. The predicted molar refractivity (Wildman–Crippen MR) is 83.4 cm³/mol. The minimum Gasteiger partial charge on any atom is -0.392 e. The lowest BCUT2D eigenvalue weighted by atomic mass is 9.86. The molecule has 0 bridgehead atoms. The van der Waals surface area contributed by atoms with E-state index in [2.05, 4.69) is 29.2 Å². The topological polar surface area (TPSA) is 48.0 Å². The maximum Gasteiger partial charge on any atom is 0.0682 e. The summed E-state index contributed by atoms with van der Waals surface area (Å²) < 4.78 is 5.73. The highest BCUT2D eigenvalue weighted by Crippen LogP contribution is 2.33. The van der Waals surface area contributed by atoms with Crippen LogP contribution >= 0.6 is 0 Å². The third-order valence-corrected chi connectivity index (χ3v) is 5.15. The summed E-state index contributed by atoms with van der Waals surface area (Å²) in [4.78, 5) is 4.74. The van der Waals surface area contributed by atoms with Crippen LogP contribution in [-0.2, 0) is 4.74 Å². The zero-order valence-electron chi connectivity index (χ0n) is 13.6. The number of nitrogens with zero attached hydrogens (tertiary/aromatic N) is 2. The molecule has 0 aromatic carbocycles. The molecule has 122 valence electrons. The first-order valence-electron chi connectivity index (χ1n) is 8.44. The standard InChI is InChI=1S/C16H31N3O2/c1-18(2)8-14-7-15(20)9-19(14)11-16(5-6-21-12-16)10-17-13-3-4-13/h13-15,17,20H,3-12H2,1-2H3. The fourth-order valence-corrected chi connectivity index (χ4v) is 3.81. The summed E-state index contributed by atoms with van der Waals surface area (Å²) >= 11 is 0. The number of aliphatic hydroxyl groups excluding tert-OH is 1. The van der Waals surface area contributed by atoms with Crippen molar-refractivity contribution in [2.45, 2.75) is 43.9 Å². The van der Waals surface area contributed by atoms with E-state index < -0.39 is 0 Å². The van der Waals surface area contributed by atoms with E-state index in [0.717, 1.165) is 58.3 Å². The van der Waals surface area contributed by atoms with Gasteiger partial charge >= 0.3 is 0 Å². The van der Waals surface area contributed by atoms with E-state index in [1.54, 1.807) is 0 Å². The molecule has 3 atom stereocenters. The molecular weight excluding hydrogens is 266 g/mol. The van der Waals surface area contributed by atoms with Crippen LogP contribution < -0.4 is 5.32 Å². The van der Waals surface area contributed by atoms with Crippen LogP contribution in [0.3, 0.4) is 0 Å². The van der Waals surface area contributed by atoms with Crippen LogP contribution in [0.15, 0.2) is 0 Å². The van der Waals surface area contributed by atoms with E-state index in [0.29, 0.717) is 6.04 Å². The molecule has 3 unspecified atom stereocenters. The van der Waals surface area contributed by atoms with Crippen LogP contribution in [0.5, 0.6) is 0 Å². The van der Waals surface area contributed by atoms with Crippen LogP contribution in [-0.4, -0.2) is 86.6 Å². The van der Waals surface area contributed by atoms with Gasteiger partial charge in [0, 0.05) is 50.3 Å². The van der Waals surface area contributed by atoms with Crippen LogP contribution in [0.25, 0.3) is 0 Å². The van der Waals surface area contributed by atoms with Gasteiger partial charge in [-0.05, 0) is 39.8 Å². The lowest BCUT2D eigenvalue weighted by molar-refractivity contribution is 0.0897. The highest BCUT2D eigenvalue weighted by atomic mass is 16.5. The van der Waals surface area contributed by atoms with Crippen molar-refractivity contribution in [2.24, 2.45) is 5.41 Å². The highest BCUT2D eigenvalue weighted by Gasteiger charge is 2.41. The molecule has 1 saturated carbocycles. The summed E-state index contributed by atoms with van der Waals surface area (Å²) in [7, 11) is 4.23. The highest BCUT2D eigenvalue weighted by molar-refractivity contribution is 4.96. The van der Waals surface area contributed by atoms with E-state index in [-0.39, 0.29) is 11.5 Å². The minimum absolute atomic E-state index is 0.161. The predicted octanol–water partition coefficient (Wildman–Crippen LogP) is 0.142. The first kappa shape index (κ1) is 15.7. The molecule has 5 nitrogen and oxygen atoms in total. The normalized spacial score (nSPS) is 37.7. The van der Waals surface area contributed by atoms with Crippen molar-refractivity contribution in [1.29, 1.82) is 0 Å². The van der Waals surface area contributed by atoms with Crippen molar-refractivity contribution in [2.75, 3.05) is 53.5 Å². The van der Waals surface area contributed by atoms with Gasteiger partial charge in [0.2, 0.25) is 0 Å². The lowest BCUT2D eigenvalue weighted by Crippen LogP contribution is -2.48. The second kappa shape index (κ2) is 6.50.